The zero-order valence-corrected chi connectivity index (χ0v) is 18.1. The number of fused-ring (bicyclic) bond motifs is 1. The summed E-state index contributed by atoms with van der Waals surface area (Å²) in [5.41, 5.74) is 3.02. The summed E-state index contributed by atoms with van der Waals surface area (Å²) in [5, 5.41) is 22.4. The number of amides is 1. The first-order chi connectivity index (χ1) is 15.2. The van der Waals surface area contributed by atoms with Crippen LogP contribution in [-0.4, -0.2) is 31.0 Å². The minimum absolute atomic E-state index is 0.0272. The minimum Gasteiger partial charge on any atom is -0.508 e. The van der Waals surface area contributed by atoms with Crippen LogP contribution in [0.4, 0.5) is 5.69 Å². The molecule has 160 valence electrons. The third kappa shape index (κ3) is 4.19. The maximum absolute atomic E-state index is 13.0. The Bertz CT molecular complexity index is 1070. The van der Waals surface area contributed by atoms with Crippen molar-refractivity contribution >= 4 is 23.4 Å². The molecule has 0 spiro atoms. The van der Waals surface area contributed by atoms with Crippen LogP contribution in [0.3, 0.4) is 0 Å². The molecule has 2 heterocycles. The fourth-order valence-electron chi connectivity index (χ4n) is 4.56. The lowest BCUT2D eigenvalue weighted by atomic mass is 9.95. The Balaban J connectivity index is 1.46. The molecule has 2 N–H and O–H groups in total. The number of anilines is 1. The van der Waals surface area contributed by atoms with Gasteiger partial charge in [-0.25, -0.2) is 0 Å². The van der Waals surface area contributed by atoms with E-state index in [1.165, 1.54) is 36.6 Å². The number of para-hydroxylation sites is 1. The van der Waals surface area contributed by atoms with Gasteiger partial charge in [0.2, 0.25) is 5.91 Å². The van der Waals surface area contributed by atoms with Crippen molar-refractivity contribution in [3.63, 3.8) is 0 Å². The molecule has 2 aliphatic rings. The molecule has 0 bridgehead atoms. The van der Waals surface area contributed by atoms with Gasteiger partial charge in [0.15, 0.2) is 11.0 Å². The largest absolute Gasteiger partial charge is 0.508 e. The highest BCUT2D eigenvalue weighted by atomic mass is 32.2. The van der Waals surface area contributed by atoms with Crippen molar-refractivity contribution < 1.29 is 9.90 Å². The van der Waals surface area contributed by atoms with Gasteiger partial charge in [0.05, 0.1) is 5.25 Å². The lowest BCUT2D eigenvalue weighted by Gasteiger charge is -2.26. The fourth-order valence-corrected chi connectivity index (χ4v) is 5.66. The number of carbonyl (C=O) groups is 1. The van der Waals surface area contributed by atoms with Gasteiger partial charge in [-0.3, -0.25) is 9.36 Å². The summed E-state index contributed by atoms with van der Waals surface area (Å²) in [6, 6.07) is 15.5. The van der Waals surface area contributed by atoms with Crippen molar-refractivity contribution in [3.8, 4) is 17.1 Å². The summed E-state index contributed by atoms with van der Waals surface area (Å²) < 4.78 is 2.24. The third-order valence-corrected chi connectivity index (χ3v) is 7.44. The Kier molecular flexibility index (Phi) is 5.68. The van der Waals surface area contributed by atoms with Crippen LogP contribution < -0.4 is 5.32 Å². The van der Waals surface area contributed by atoms with Crippen LogP contribution in [0.2, 0.25) is 0 Å². The molecule has 5 rings (SSSR count). The molecule has 2 aromatic carbocycles. The molecule has 3 aromatic rings. The van der Waals surface area contributed by atoms with Crippen LogP contribution >= 0.6 is 11.8 Å². The number of rotatable bonds is 4. The average molecular weight is 435 g/mol. The van der Waals surface area contributed by atoms with Gasteiger partial charge in [-0.2, -0.15) is 0 Å². The number of thioether (sulfide) groups is 1. The summed E-state index contributed by atoms with van der Waals surface area (Å²) in [5.74, 6) is 1.07. The van der Waals surface area contributed by atoms with Crippen molar-refractivity contribution in [3.05, 3.63) is 54.1 Å². The van der Waals surface area contributed by atoms with Crippen molar-refractivity contribution in [1.82, 2.24) is 14.8 Å². The number of carbonyl (C=O) groups excluding carboxylic acids is 1. The summed E-state index contributed by atoms with van der Waals surface area (Å²) in [4.78, 5) is 13.0. The Hall–Kier alpha value is -2.80. The number of aromatic nitrogens is 3. The van der Waals surface area contributed by atoms with Gasteiger partial charge in [0, 0.05) is 17.3 Å². The quantitative estimate of drug-likeness (QED) is 0.590. The number of aryl methyl sites for hydroxylation is 1. The SMILES string of the molecule is O=C1Nc2ccccc2CC[C@@H]1Sc1nnc(-c2ccc(O)cc2)n1C1CCCCC1. The Morgan fingerprint density at radius 2 is 1.74 bits per heavy atom. The molecule has 1 aromatic heterocycles. The zero-order chi connectivity index (χ0) is 21.2. The second-order valence-corrected chi connectivity index (χ2v) is 9.48. The number of hydrogen-bond donors (Lipinski definition) is 2. The lowest BCUT2D eigenvalue weighted by Crippen LogP contribution is -2.24. The molecule has 1 aliphatic carbocycles. The molecule has 1 aliphatic heterocycles. The number of aromatic hydroxyl groups is 1. The summed E-state index contributed by atoms with van der Waals surface area (Å²) in [6.07, 6.45) is 7.47. The number of nitrogens with one attached hydrogen (secondary N) is 1. The van der Waals surface area contributed by atoms with E-state index in [0.717, 1.165) is 47.9 Å². The number of nitrogens with zero attached hydrogens (tertiary/aromatic N) is 3. The summed E-state index contributed by atoms with van der Waals surface area (Å²) in [6.45, 7) is 0. The van der Waals surface area contributed by atoms with Gasteiger partial charge < -0.3 is 10.4 Å². The topological polar surface area (TPSA) is 80.0 Å². The van der Waals surface area contributed by atoms with Gasteiger partial charge in [-0.1, -0.05) is 49.2 Å². The monoisotopic (exact) mass is 434 g/mol. The average Bonchev–Trinajstić information content (AvgIpc) is 3.14. The molecular formula is C24H26N4O2S. The standard InChI is InChI=1S/C24H26N4O2S/c29-19-13-10-17(11-14-19)22-26-27-24(28(22)18-7-2-1-3-8-18)31-21-15-12-16-6-4-5-9-20(16)25-23(21)30/h4-6,9-11,13-14,18,21,29H,1-3,7-8,12,15H2,(H,25,30)/t21-/m0/s1. The smallest absolute Gasteiger partial charge is 0.237 e. The van der Waals surface area contributed by atoms with Gasteiger partial charge in [-0.15, -0.1) is 10.2 Å². The van der Waals surface area contributed by atoms with Crippen molar-refractivity contribution in [2.24, 2.45) is 0 Å². The highest BCUT2D eigenvalue weighted by molar-refractivity contribution is 8.00. The second kappa shape index (κ2) is 8.75. The van der Waals surface area contributed by atoms with Crippen molar-refractivity contribution in [2.75, 3.05) is 5.32 Å². The number of benzene rings is 2. The minimum atomic E-state index is -0.216. The van der Waals surface area contributed by atoms with Crippen LogP contribution in [0.5, 0.6) is 5.75 Å². The highest BCUT2D eigenvalue weighted by Gasteiger charge is 2.30. The van der Waals surface area contributed by atoms with Crippen molar-refractivity contribution in [1.29, 1.82) is 0 Å². The van der Waals surface area contributed by atoms with E-state index in [-0.39, 0.29) is 16.9 Å². The first-order valence-electron chi connectivity index (χ1n) is 11.0. The number of phenolic OH excluding ortho intramolecular Hbond substituents is 1. The first-order valence-corrected chi connectivity index (χ1v) is 11.9. The predicted octanol–water partition coefficient (Wildman–Crippen LogP) is 5.20. The molecule has 31 heavy (non-hydrogen) atoms. The van der Waals surface area contributed by atoms with E-state index in [1.54, 1.807) is 12.1 Å². The molecule has 1 saturated carbocycles. The maximum Gasteiger partial charge on any atom is 0.237 e. The summed E-state index contributed by atoms with van der Waals surface area (Å²) in [7, 11) is 0. The Labute approximate surface area is 186 Å². The van der Waals surface area contributed by atoms with Crippen LogP contribution in [0.15, 0.2) is 53.7 Å². The zero-order valence-electron chi connectivity index (χ0n) is 17.3. The van der Waals surface area contributed by atoms with Crippen molar-refractivity contribution in [2.45, 2.75) is 61.4 Å². The lowest BCUT2D eigenvalue weighted by molar-refractivity contribution is -0.115. The van der Waals surface area contributed by atoms with E-state index in [0.29, 0.717) is 6.04 Å². The molecular weight excluding hydrogens is 408 g/mol. The molecule has 1 fully saturated rings. The van der Waals surface area contributed by atoms with Gasteiger partial charge in [-0.05, 0) is 61.6 Å². The van der Waals surface area contributed by atoms with Crippen LogP contribution in [0, 0.1) is 0 Å². The fraction of sp³-hybridized carbons (Fsp3) is 0.375. The molecule has 7 heteroatoms. The second-order valence-electron chi connectivity index (χ2n) is 8.31. The van der Waals surface area contributed by atoms with E-state index < -0.39 is 0 Å². The molecule has 1 atom stereocenters. The van der Waals surface area contributed by atoms with Crippen LogP contribution in [-0.2, 0) is 11.2 Å². The normalized spacial score (nSPS) is 19.5. The Morgan fingerprint density at radius 3 is 2.55 bits per heavy atom. The maximum atomic E-state index is 13.0. The molecule has 6 nitrogen and oxygen atoms in total. The summed E-state index contributed by atoms with van der Waals surface area (Å²) >= 11 is 1.52. The van der Waals surface area contributed by atoms with E-state index in [4.69, 9.17) is 0 Å². The molecule has 0 unspecified atom stereocenters. The van der Waals surface area contributed by atoms with Crippen LogP contribution in [0.1, 0.15) is 50.1 Å². The number of hydrogen-bond acceptors (Lipinski definition) is 5. The van der Waals surface area contributed by atoms with Gasteiger partial charge >= 0.3 is 0 Å². The van der Waals surface area contributed by atoms with E-state index >= 15 is 0 Å². The first kappa shape index (κ1) is 20.1. The van der Waals surface area contributed by atoms with Gasteiger partial charge in [0.25, 0.3) is 0 Å². The third-order valence-electron chi connectivity index (χ3n) is 6.22. The van der Waals surface area contributed by atoms with E-state index in [1.807, 2.05) is 30.3 Å². The van der Waals surface area contributed by atoms with E-state index in [9.17, 15) is 9.90 Å². The van der Waals surface area contributed by atoms with E-state index in [2.05, 4.69) is 26.1 Å². The highest BCUT2D eigenvalue weighted by Crippen LogP contribution is 2.38. The van der Waals surface area contributed by atoms with Gasteiger partial charge in [0.1, 0.15) is 5.75 Å². The number of phenols is 1. The molecule has 0 saturated heterocycles. The van der Waals surface area contributed by atoms with Crippen LogP contribution in [0.25, 0.3) is 11.4 Å². The molecule has 1 amide bonds. The molecule has 0 radical (unpaired) electrons. The predicted molar refractivity (Wildman–Crippen MR) is 122 cm³/mol. The Morgan fingerprint density at radius 1 is 0.968 bits per heavy atom.